The number of hydrogen-bond donors (Lipinski definition) is 0. The van der Waals surface area contributed by atoms with Crippen molar-refractivity contribution in [1.82, 2.24) is 0 Å². The van der Waals surface area contributed by atoms with Crippen LogP contribution in [0.5, 0.6) is 5.75 Å². The molecule has 4 rings (SSSR count). The zero-order valence-electron chi connectivity index (χ0n) is 14.7. The number of hydrogen-bond acceptors (Lipinski definition) is 3. The predicted octanol–water partition coefficient (Wildman–Crippen LogP) is 4.40. The normalized spacial score (nSPS) is 40.3. The van der Waals surface area contributed by atoms with Crippen LogP contribution in [-0.2, 0) is 16.1 Å². The molecular formula is C20H28O3. The Labute approximate surface area is 139 Å². The molecule has 3 heteroatoms. The van der Waals surface area contributed by atoms with Crippen LogP contribution in [0.15, 0.2) is 24.3 Å². The molecule has 5 atom stereocenters. The molecule has 0 radical (unpaired) electrons. The summed E-state index contributed by atoms with van der Waals surface area (Å²) in [6.07, 6.45) is 4.01. The van der Waals surface area contributed by atoms with Gasteiger partial charge in [-0.1, -0.05) is 39.0 Å². The summed E-state index contributed by atoms with van der Waals surface area (Å²) in [6, 6.07) is 8.05. The van der Waals surface area contributed by atoms with E-state index in [4.69, 9.17) is 14.2 Å². The quantitative estimate of drug-likeness (QED) is 0.824. The first kappa shape index (κ1) is 15.5. The summed E-state index contributed by atoms with van der Waals surface area (Å²) in [5, 5.41) is 0. The minimum Gasteiger partial charge on any atom is -0.496 e. The lowest BCUT2D eigenvalue weighted by Crippen LogP contribution is -2.37. The molecule has 1 heterocycles. The molecule has 126 valence electrons. The second kappa shape index (κ2) is 5.22. The van der Waals surface area contributed by atoms with Crippen molar-refractivity contribution in [3.8, 4) is 5.75 Å². The molecule has 0 amide bonds. The Balaban J connectivity index is 1.43. The molecule has 2 saturated carbocycles. The van der Waals surface area contributed by atoms with Gasteiger partial charge in [0.2, 0.25) is 0 Å². The fraction of sp³-hybridized carbons (Fsp3) is 0.700. The molecule has 0 aromatic heterocycles. The second-order valence-corrected chi connectivity index (χ2v) is 8.29. The second-order valence-electron chi connectivity index (χ2n) is 8.29. The highest BCUT2D eigenvalue weighted by Crippen LogP contribution is 2.71. The van der Waals surface area contributed by atoms with Gasteiger partial charge in [-0.2, -0.15) is 0 Å². The summed E-state index contributed by atoms with van der Waals surface area (Å²) < 4.78 is 17.9. The molecule has 3 aliphatic rings. The standard InChI is InChI=1S/C20H28O3/c1-19(2)15-9-10-20(19,3)18-14(15)11-17(23-18)22-12-13-7-5-6-8-16(13)21-4/h5-8,14-15,17-18H,9-12H2,1-4H3/t14-,15-,17-,18-,20+/m1/s1. The van der Waals surface area contributed by atoms with Gasteiger partial charge in [0.15, 0.2) is 6.29 Å². The molecule has 2 aliphatic carbocycles. The van der Waals surface area contributed by atoms with Crippen molar-refractivity contribution in [2.24, 2.45) is 22.7 Å². The topological polar surface area (TPSA) is 27.7 Å². The number of methoxy groups -OCH3 is 1. The lowest BCUT2D eigenvalue weighted by Gasteiger charge is -2.38. The van der Waals surface area contributed by atoms with Gasteiger partial charge in [0.1, 0.15) is 5.75 Å². The van der Waals surface area contributed by atoms with Crippen LogP contribution in [0, 0.1) is 22.7 Å². The minimum atomic E-state index is -0.0639. The van der Waals surface area contributed by atoms with Gasteiger partial charge >= 0.3 is 0 Å². The minimum absolute atomic E-state index is 0.0639. The van der Waals surface area contributed by atoms with Crippen molar-refractivity contribution in [1.29, 1.82) is 0 Å². The summed E-state index contributed by atoms with van der Waals surface area (Å²) in [5.41, 5.74) is 1.80. The summed E-state index contributed by atoms with van der Waals surface area (Å²) in [6.45, 7) is 7.87. The molecule has 1 saturated heterocycles. The monoisotopic (exact) mass is 316 g/mol. The molecule has 23 heavy (non-hydrogen) atoms. The zero-order valence-corrected chi connectivity index (χ0v) is 14.7. The maximum Gasteiger partial charge on any atom is 0.158 e. The van der Waals surface area contributed by atoms with E-state index in [1.165, 1.54) is 12.8 Å². The molecule has 2 bridgehead atoms. The van der Waals surface area contributed by atoms with Gasteiger partial charge < -0.3 is 14.2 Å². The van der Waals surface area contributed by atoms with E-state index in [1.807, 2.05) is 18.2 Å². The molecule has 0 unspecified atom stereocenters. The molecule has 3 fully saturated rings. The zero-order chi connectivity index (χ0) is 16.2. The first-order valence-corrected chi connectivity index (χ1v) is 8.86. The van der Waals surface area contributed by atoms with E-state index in [9.17, 15) is 0 Å². The highest BCUT2D eigenvalue weighted by molar-refractivity contribution is 5.32. The van der Waals surface area contributed by atoms with Crippen molar-refractivity contribution in [2.75, 3.05) is 7.11 Å². The third-order valence-electron chi connectivity index (χ3n) is 7.29. The van der Waals surface area contributed by atoms with E-state index in [2.05, 4.69) is 26.8 Å². The summed E-state index contributed by atoms with van der Waals surface area (Å²) >= 11 is 0. The third kappa shape index (κ3) is 2.09. The molecule has 3 nitrogen and oxygen atoms in total. The van der Waals surface area contributed by atoms with Crippen LogP contribution >= 0.6 is 0 Å². The lowest BCUT2D eigenvalue weighted by atomic mass is 9.70. The molecule has 0 N–H and O–H groups in total. The summed E-state index contributed by atoms with van der Waals surface area (Å²) in [5.74, 6) is 2.35. The number of ether oxygens (including phenoxy) is 3. The number of fused-ring (bicyclic) bond motifs is 5. The maximum absolute atomic E-state index is 6.39. The highest BCUT2D eigenvalue weighted by Gasteiger charge is 2.69. The summed E-state index contributed by atoms with van der Waals surface area (Å²) in [7, 11) is 1.70. The molecule has 0 spiro atoms. The van der Waals surface area contributed by atoms with E-state index in [0.29, 0.717) is 29.5 Å². The van der Waals surface area contributed by atoms with Gasteiger partial charge in [-0.05, 0) is 41.6 Å². The van der Waals surface area contributed by atoms with Crippen LogP contribution in [0.2, 0.25) is 0 Å². The Morgan fingerprint density at radius 1 is 1.22 bits per heavy atom. The van der Waals surface area contributed by atoms with E-state index >= 15 is 0 Å². The number of benzene rings is 1. The highest BCUT2D eigenvalue weighted by atomic mass is 16.7. The van der Waals surface area contributed by atoms with Crippen LogP contribution in [0.3, 0.4) is 0 Å². The largest absolute Gasteiger partial charge is 0.496 e. The van der Waals surface area contributed by atoms with Gasteiger partial charge in [-0.25, -0.2) is 0 Å². The average molecular weight is 316 g/mol. The summed E-state index contributed by atoms with van der Waals surface area (Å²) in [4.78, 5) is 0. The van der Waals surface area contributed by atoms with Gasteiger partial charge in [-0.15, -0.1) is 0 Å². The van der Waals surface area contributed by atoms with E-state index < -0.39 is 0 Å². The van der Waals surface area contributed by atoms with Crippen molar-refractivity contribution in [3.63, 3.8) is 0 Å². The predicted molar refractivity (Wildman–Crippen MR) is 89.2 cm³/mol. The number of para-hydroxylation sites is 1. The van der Waals surface area contributed by atoms with Crippen LogP contribution in [0.25, 0.3) is 0 Å². The molecule has 1 aromatic rings. The van der Waals surface area contributed by atoms with E-state index in [1.54, 1.807) is 7.11 Å². The first-order valence-electron chi connectivity index (χ1n) is 8.86. The van der Waals surface area contributed by atoms with Crippen molar-refractivity contribution >= 4 is 0 Å². The maximum atomic E-state index is 6.39. The Hall–Kier alpha value is -1.06. The van der Waals surface area contributed by atoms with Gasteiger partial charge in [-0.3, -0.25) is 0 Å². The lowest BCUT2D eigenvalue weighted by molar-refractivity contribution is -0.169. The van der Waals surface area contributed by atoms with Crippen LogP contribution < -0.4 is 4.74 Å². The fourth-order valence-corrected chi connectivity index (χ4v) is 5.60. The Bertz CT molecular complexity index is 596. The van der Waals surface area contributed by atoms with Crippen molar-refractivity contribution < 1.29 is 14.2 Å². The smallest absolute Gasteiger partial charge is 0.158 e. The van der Waals surface area contributed by atoms with Crippen molar-refractivity contribution in [2.45, 2.75) is 59.0 Å². The SMILES string of the molecule is COc1ccccc1CO[C@H]1C[C@@H]2[C@H]3CC[C@@](C)([C@@H]2O1)C3(C)C. The molecular weight excluding hydrogens is 288 g/mol. The van der Waals surface area contributed by atoms with Crippen LogP contribution in [0.4, 0.5) is 0 Å². The van der Waals surface area contributed by atoms with E-state index in [-0.39, 0.29) is 6.29 Å². The fourth-order valence-electron chi connectivity index (χ4n) is 5.60. The Kier molecular flexibility index (Phi) is 3.51. The van der Waals surface area contributed by atoms with Gasteiger partial charge in [0.25, 0.3) is 0 Å². The van der Waals surface area contributed by atoms with E-state index in [0.717, 1.165) is 23.7 Å². The van der Waals surface area contributed by atoms with Gasteiger partial charge in [0.05, 0.1) is 19.8 Å². The van der Waals surface area contributed by atoms with Crippen LogP contribution in [-0.4, -0.2) is 19.5 Å². The van der Waals surface area contributed by atoms with Crippen LogP contribution in [0.1, 0.15) is 45.6 Å². The first-order chi connectivity index (χ1) is 11.0. The Morgan fingerprint density at radius 2 is 2.00 bits per heavy atom. The molecule has 1 aromatic carbocycles. The Morgan fingerprint density at radius 3 is 2.74 bits per heavy atom. The molecule has 1 aliphatic heterocycles. The third-order valence-corrected chi connectivity index (χ3v) is 7.29. The van der Waals surface area contributed by atoms with Crippen molar-refractivity contribution in [3.05, 3.63) is 29.8 Å². The number of rotatable bonds is 4. The van der Waals surface area contributed by atoms with Gasteiger partial charge in [0, 0.05) is 12.0 Å². The average Bonchev–Trinajstić information content (AvgIpc) is 3.11.